The van der Waals surface area contributed by atoms with Crippen molar-refractivity contribution in [2.75, 3.05) is 13.1 Å². The molecule has 6 N–H and O–H groups in total. The Hall–Kier alpha value is -1.11. The first-order chi connectivity index (χ1) is 10.7. The lowest BCUT2D eigenvalue weighted by Gasteiger charge is -2.02. The highest BCUT2D eigenvalue weighted by atomic mass is 16.1. The van der Waals surface area contributed by atoms with Crippen LogP contribution in [0.4, 0.5) is 0 Å². The van der Waals surface area contributed by atoms with Crippen molar-refractivity contribution < 1.29 is 14.4 Å². The zero-order valence-electron chi connectivity index (χ0n) is 15.4. The molecule has 0 bridgehead atoms. The summed E-state index contributed by atoms with van der Waals surface area (Å²) in [6.45, 7) is 7.94. The van der Waals surface area contributed by atoms with Crippen molar-refractivity contribution in [1.82, 2.24) is 0 Å². The molecule has 0 saturated heterocycles. The van der Waals surface area contributed by atoms with Gasteiger partial charge in [0.15, 0.2) is 0 Å². The van der Waals surface area contributed by atoms with Crippen LogP contribution in [0.1, 0.15) is 72.6 Å². The third kappa shape index (κ3) is 33.6. The van der Waals surface area contributed by atoms with E-state index in [2.05, 4.69) is 0 Å². The molecule has 6 nitrogen and oxygen atoms in total. The first kappa shape index (κ1) is 26.8. The summed E-state index contributed by atoms with van der Waals surface area (Å²) in [5, 5.41) is 0. The Labute approximate surface area is 141 Å². The van der Waals surface area contributed by atoms with Gasteiger partial charge in [-0.1, -0.05) is 19.8 Å². The van der Waals surface area contributed by atoms with Gasteiger partial charge in [0.05, 0.1) is 6.04 Å². The molecule has 0 spiro atoms. The normalized spacial score (nSPS) is 10.6. The number of hydrogen-bond acceptors (Lipinski definition) is 6. The van der Waals surface area contributed by atoms with E-state index in [4.69, 9.17) is 17.2 Å². The van der Waals surface area contributed by atoms with E-state index in [1.54, 1.807) is 6.92 Å². The number of rotatable bonds is 10. The smallest absolute Gasteiger partial charge is 0.146 e. The second-order valence-corrected chi connectivity index (χ2v) is 5.55. The van der Waals surface area contributed by atoms with Gasteiger partial charge in [-0.25, -0.2) is 0 Å². The quantitative estimate of drug-likeness (QED) is 0.523. The van der Waals surface area contributed by atoms with Crippen LogP contribution in [0.25, 0.3) is 0 Å². The molecular weight excluding hydrogens is 294 g/mol. The zero-order chi connectivity index (χ0) is 18.7. The Bertz CT molecular complexity index is 307. The molecule has 23 heavy (non-hydrogen) atoms. The van der Waals surface area contributed by atoms with Gasteiger partial charge >= 0.3 is 0 Å². The summed E-state index contributed by atoms with van der Waals surface area (Å²) in [7, 11) is 0. The summed E-state index contributed by atoms with van der Waals surface area (Å²) in [5.41, 5.74) is 15.6. The van der Waals surface area contributed by atoms with E-state index in [9.17, 15) is 14.4 Å². The monoisotopic (exact) mass is 331 g/mol. The highest BCUT2D eigenvalue weighted by Gasteiger charge is 2.03. The van der Waals surface area contributed by atoms with Gasteiger partial charge in [0.2, 0.25) is 0 Å². The maximum Gasteiger partial charge on any atom is 0.146 e. The van der Waals surface area contributed by atoms with Crippen LogP contribution in [-0.2, 0) is 14.4 Å². The van der Waals surface area contributed by atoms with Crippen molar-refractivity contribution in [2.24, 2.45) is 17.2 Å². The molecule has 0 aliphatic rings. The van der Waals surface area contributed by atoms with Gasteiger partial charge in [-0.05, 0) is 53.1 Å². The van der Waals surface area contributed by atoms with E-state index < -0.39 is 0 Å². The van der Waals surface area contributed by atoms with Crippen molar-refractivity contribution in [1.29, 1.82) is 0 Å². The molecule has 0 amide bonds. The predicted molar refractivity (Wildman–Crippen MR) is 96.1 cm³/mol. The van der Waals surface area contributed by atoms with Crippen LogP contribution in [0, 0.1) is 0 Å². The summed E-state index contributed by atoms with van der Waals surface area (Å²) in [4.78, 5) is 30.7. The fourth-order valence-electron chi connectivity index (χ4n) is 1.41. The van der Waals surface area contributed by atoms with Crippen LogP contribution < -0.4 is 17.2 Å². The highest BCUT2D eigenvalue weighted by Crippen LogP contribution is 1.98. The van der Waals surface area contributed by atoms with Crippen molar-refractivity contribution in [3.8, 4) is 0 Å². The van der Waals surface area contributed by atoms with Crippen molar-refractivity contribution >= 4 is 17.3 Å². The molecule has 0 aliphatic heterocycles. The molecule has 0 aliphatic carbocycles. The lowest BCUT2D eigenvalue weighted by atomic mass is 10.1. The summed E-state index contributed by atoms with van der Waals surface area (Å²) >= 11 is 0. The van der Waals surface area contributed by atoms with Crippen LogP contribution >= 0.6 is 0 Å². The second kappa shape index (κ2) is 20.9. The number of hydrogen-bond donors (Lipinski definition) is 3. The average Bonchev–Trinajstić information content (AvgIpc) is 2.45. The van der Waals surface area contributed by atoms with Gasteiger partial charge in [-0.3, -0.25) is 9.59 Å². The summed E-state index contributed by atoms with van der Waals surface area (Å²) in [5.74, 6) is 0.538. The van der Waals surface area contributed by atoms with Gasteiger partial charge in [0.25, 0.3) is 0 Å². The number of ketones is 3. The molecule has 0 aromatic carbocycles. The fraction of sp³-hybridized carbons (Fsp3) is 0.824. The molecule has 6 heteroatoms. The number of nitrogens with two attached hydrogens (primary N) is 3. The minimum Gasteiger partial charge on any atom is -0.330 e. The number of carbonyl (C=O) groups excluding carboxylic acids is 3. The van der Waals surface area contributed by atoms with E-state index in [1.165, 1.54) is 13.8 Å². The second-order valence-electron chi connectivity index (χ2n) is 5.55. The average molecular weight is 332 g/mol. The molecule has 0 unspecified atom stereocenters. The topological polar surface area (TPSA) is 129 Å². The first-order valence-corrected chi connectivity index (χ1v) is 8.37. The van der Waals surface area contributed by atoms with Crippen LogP contribution in [0.15, 0.2) is 0 Å². The minimum absolute atomic E-state index is 0.0897. The third-order valence-corrected chi connectivity index (χ3v) is 2.85. The van der Waals surface area contributed by atoms with Crippen LogP contribution in [0.3, 0.4) is 0 Å². The molecule has 0 heterocycles. The lowest BCUT2D eigenvalue weighted by molar-refractivity contribution is -0.118. The van der Waals surface area contributed by atoms with Crippen molar-refractivity contribution in [2.45, 2.75) is 78.7 Å². The SMILES string of the molecule is CC(=O)CCCCCN.CC(=O)CCN.CCC[C@H](N)C(C)=O. The van der Waals surface area contributed by atoms with E-state index in [-0.39, 0.29) is 23.4 Å². The Morgan fingerprint density at radius 3 is 1.57 bits per heavy atom. The Balaban J connectivity index is -0.000000266. The maximum absolute atomic E-state index is 10.4. The van der Waals surface area contributed by atoms with Crippen LogP contribution in [0.2, 0.25) is 0 Å². The molecule has 0 aromatic heterocycles. The van der Waals surface area contributed by atoms with Gasteiger partial charge < -0.3 is 22.0 Å². The van der Waals surface area contributed by atoms with Gasteiger partial charge in [-0.15, -0.1) is 0 Å². The molecule has 138 valence electrons. The molecule has 0 aromatic rings. The van der Waals surface area contributed by atoms with Gasteiger partial charge in [0.1, 0.15) is 17.3 Å². The number of unbranched alkanes of at least 4 members (excludes halogenated alkanes) is 2. The molecule has 0 radical (unpaired) electrons. The van der Waals surface area contributed by atoms with Crippen LogP contribution in [0.5, 0.6) is 0 Å². The Morgan fingerprint density at radius 1 is 0.826 bits per heavy atom. The highest BCUT2D eigenvalue weighted by molar-refractivity contribution is 5.81. The molecular formula is C17H37N3O3. The van der Waals surface area contributed by atoms with Crippen LogP contribution in [-0.4, -0.2) is 36.5 Å². The Kier molecular flexibility index (Phi) is 24.3. The molecule has 0 fully saturated rings. The van der Waals surface area contributed by atoms with E-state index in [0.29, 0.717) is 13.0 Å². The standard InChI is InChI=1S/C7H15NO.C6H13NO.C4H9NO/c1-7(9)5-3-2-4-6-8;1-3-4-6(7)5(2)8;1-4(6)2-3-5/h2-6,8H2,1H3;6H,3-4,7H2,1-2H3;2-3,5H2,1H3/t;6-;/m.0./s1. The molecule has 0 rings (SSSR count). The van der Waals surface area contributed by atoms with E-state index >= 15 is 0 Å². The zero-order valence-corrected chi connectivity index (χ0v) is 15.4. The largest absolute Gasteiger partial charge is 0.330 e. The first-order valence-electron chi connectivity index (χ1n) is 8.37. The summed E-state index contributed by atoms with van der Waals surface area (Å²) in [6, 6.07) is -0.222. The third-order valence-electron chi connectivity index (χ3n) is 2.85. The molecule has 0 saturated carbocycles. The van der Waals surface area contributed by atoms with E-state index in [0.717, 1.165) is 45.1 Å². The maximum atomic E-state index is 10.4. The predicted octanol–water partition coefficient (Wildman–Crippen LogP) is 1.72. The van der Waals surface area contributed by atoms with Crippen molar-refractivity contribution in [3.63, 3.8) is 0 Å². The summed E-state index contributed by atoms with van der Waals surface area (Å²) < 4.78 is 0. The molecule has 1 atom stereocenters. The van der Waals surface area contributed by atoms with Gasteiger partial charge in [0, 0.05) is 12.8 Å². The summed E-state index contributed by atoms with van der Waals surface area (Å²) in [6.07, 6.45) is 6.19. The number of carbonyl (C=O) groups is 3. The number of Topliss-reactive ketones (excluding diaryl/α,β-unsaturated/α-hetero) is 3. The lowest BCUT2D eigenvalue weighted by Crippen LogP contribution is -2.27. The van der Waals surface area contributed by atoms with E-state index in [1.807, 2.05) is 6.92 Å². The van der Waals surface area contributed by atoms with Crippen molar-refractivity contribution in [3.05, 3.63) is 0 Å². The fourth-order valence-corrected chi connectivity index (χ4v) is 1.41. The van der Waals surface area contributed by atoms with Gasteiger partial charge in [-0.2, -0.15) is 0 Å². The minimum atomic E-state index is -0.222. The Morgan fingerprint density at radius 2 is 1.35 bits per heavy atom.